The average molecular weight is 314 g/mol. The van der Waals surface area contributed by atoms with Gasteiger partial charge >= 0.3 is 0 Å². The van der Waals surface area contributed by atoms with E-state index in [0.29, 0.717) is 36.2 Å². The molecule has 0 saturated heterocycles. The lowest BCUT2D eigenvalue weighted by molar-refractivity contribution is 0.170. The minimum atomic E-state index is 0.101. The third-order valence-corrected chi connectivity index (χ3v) is 3.55. The van der Waals surface area contributed by atoms with Gasteiger partial charge in [0.1, 0.15) is 19.0 Å². The number of aromatic hydroxyl groups is 1. The van der Waals surface area contributed by atoms with Gasteiger partial charge in [0.2, 0.25) is 0 Å². The Balaban J connectivity index is 1.90. The van der Waals surface area contributed by atoms with Crippen molar-refractivity contribution in [2.24, 2.45) is 0 Å². The molecule has 5 nitrogen and oxygen atoms in total. The molecule has 1 aliphatic heterocycles. The van der Waals surface area contributed by atoms with Gasteiger partial charge in [-0.05, 0) is 23.8 Å². The van der Waals surface area contributed by atoms with Crippen LogP contribution in [0.2, 0.25) is 0 Å². The highest BCUT2D eigenvalue weighted by Crippen LogP contribution is 2.37. The summed E-state index contributed by atoms with van der Waals surface area (Å²) in [6.07, 6.45) is 3.78. The first-order valence-corrected chi connectivity index (χ1v) is 7.24. The van der Waals surface area contributed by atoms with E-state index in [2.05, 4.69) is 0 Å². The third kappa shape index (κ3) is 3.18. The monoisotopic (exact) mass is 314 g/mol. The predicted molar refractivity (Wildman–Crippen MR) is 87.6 cm³/mol. The van der Waals surface area contributed by atoms with Crippen molar-refractivity contribution >= 4 is 12.2 Å². The summed E-state index contributed by atoms with van der Waals surface area (Å²) in [6, 6.07) is 8.92. The second kappa shape index (κ2) is 6.52. The molecule has 23 heavy (non-hydrogen) atoms. The number of hydrogen-bond donors (Lipinski definition) is 1. The van der Waals surface area contributed by atoms with E-state index in [0.717, 1.165) is 11.1 Å². The van der Waals surface area contributed by atoms with E-state index in [9.17, 15) is 5.11 Å². The topological polar surface area (TPSA) is 57.2 Å². The van der Waals surface area contributed by atoms with Crippen molar-refractivity contribution < 1.29 is 24.1 Å². The summed E-state index contributed by atoms with van der Waals surface area (Å²) in [6.45, 7) is 1.07. The van der Waals surface area contributed by atoms with Crippen molar-refractivity contribution in [3.63, 3.8) is 0 Å². The highest BCUT2D eigenvalue weighted by molar-refractivity contribution is 5.75. The summed E-state index contributed by atoms with van der Waals surface area (Å²) in [7, 11) is 3.13. The fourth-order valence-electron chi connectivity index (χ4n) is 2.39. The van der Waals surface area contributed by atoms with Crippen molar-refractivity contribution in [2.45, 2.75) is 0 Å². The molecule has 0 bridgehead atoms. The molecule has 120 valence electrons. The minimum Gasteiger partial charge on any atom is -0.504 e. The first kappa shape index (κ1) is 15.1. The zero-order valence-corrected chi connectivity index (χ0v) is 13.0. The predicted octanol–water partition coefficient (Wildman–Crippen LogP) is 3.35. The van der Waals surface area contributed by atoms with Gasteiger partial charge in [-0.3, -0.25) is 0 Å². The van der Waals surface area contributed by atoms with Crippen molar-refractivity contribution in [2.75, 3.05) is 27.4 Å². The van der Waals surface area contributed by atoms with E-state index in [1.807, 2.05) is 30.4 Å². The van der Waals surface area contributed by atoms with E-state index in [1.54, 1.807) is 19.2 Å². The lowest BCUT2D eigenvalue weighted by Crippen LogP contribution is -2.15. The van der Waals surface area contributed by atoms with Crippen molar-refractivity contribution in [3.05, 3.63) is 41.5 Å². The Morgan fingerprint density at radius 3 is 2.26 bits per heavy atom. The lowest BCUT2D eigenvalue weighted by Gasteiger charge is -2.20. The molecule has 1 N–H and O–H groups in total. The van der Waals surface area contributed by atoms with Gasteiger partial charge < -0.3 is 24.1 Å². The number of phenols is 1. The number of benzene rings is 2. The molecule has 5 heteroatoms. The van der Waals surface area contributed by atoms with Crippen LogP contribution in [0.4, 0.5) is 0 Å². The molecule has 2 aromatic carbocycles. The number of methoxy groups -OCH3 is 2. The van der Waals surface area contributed by atoms with Gasteiger partial charge in [0.05, 0.1) is 14.2 Å². The Morgan fingerprint density at radius 2 is 1.61 bits per heavy atom. The summed E-state index contributed by atoms with van der Waals surface area (Å²) < 4.78 is 21.6. The van der Waals surface area contributed by atoms with Gasteiger partial charge in [-0.25, -0.2) is 0 Å². The highest BCUT2D eigenvalue weighted by atomic mass is 16.6. The maximum Gasteiger partial charge on any atom is 0.165 e. The van der Waals surface area contributed by atoms with Crippen LogP contribution in [-0.2, 0) is 0 Å². The molecule has 0 aromatic heterocycles. The SMILES string of the molecule is COc1ccc(/C=C/c2cc3c(cc2OC)OCCO3)cc1O. The molecule has 2 aromatic rings. The van der Waals surface area contributed by atoms with Crippen LogP contribution in [-0.4, -0.2) is 32.5 Å². The van der Waals surface area contributed by atoms with Crippen LogP contribution in [0.25, 0.3) is 12.2 Å². The molecule has 3 rings (SSSR count). The Morgan fingerprint density at radius 1 is 0.913 bits per heavy atom. The number of ether oxygens (including phenoxy) is 4. The fraction of sp³-hybridized carbons (Fsp3) is 0.222. The van der Waals surface area contributed by atoms with Crippen LogP contribution in [0.3, 0.4) is 0 Å². The summed E-state index contributed by atoms with van der Waals surface area (Å²) in [5, 5.41) is 9.83. The van der Waals surface area contributed by atoms with Gasteiger partial charge in [0.15, 0.2) is 23.0 Å². The number of phenolic OH excluding ortho intramolecular Hbond substituents is 1. The highest BCUT2D eigenvalue weighted by Gasteiger charge is 2.15. The molecule has 0 fully saturated rings. The summed E-state index contributed by atoms with van der Waals surface area (Å²) in [4.78, 5) is 0. The maximum absolute atomic E-state index is 9.83. The number of fused-ring (bicyclic) bond motifs is 1. The molecule has 1 heterocycles. The first-order valence-electron chi connectivity index (χ1n) is 7.24. The molecule has 0 spiro atoms. The van der Waals surface area contributed by atoms with E-state index in [4.69, 9.17) is 18.9 Å². The molecule has 0 saturated carbocycles. The summed E-state index contributed by atoms with van der Waals surface area (Å²) in [5.74, 6) is 2.63. The second-order valence-electron chi connectivity index (χ2n) is 5.00. The second-order valence-corrected chi connectivity index (χ2v) is 5.00. The molecule has 1 aliphatic rings. The maximum atomic E-state index is 9.83. The Hall–Kier alpha value is -2.82. The quantitative estimate of drug-likeness (QED) is 0.877. The molecular formula is C18H18O5. The van der Waals surface area contributed by atoms with E-state index < -0.39 is 0 Å². The van der Waals surface area contributed by atoms with Crippen molar-refractivity contribution in [1.82, 2.24) is 0 Å². The minimum absolute atomic E-state index is 0.101. The first-order chi connectivity index (χ1) is 11.2. The molecule has 0 atom stereocenters. The van der Waals surface area contributed by atoms with Gasteiger partial charge in [-0.2, -0.15) is 0 Å². The van der Waals surface area contributed by atoms with E-state index in [-0.39, 0.29) is 5.75 Å². The van der Waals surface area contributed by atoms with E-state index >= 15 is 0 Å². The Bertz CT molecular complexity index is 736. The molecular weight excluding hydrogens is 296 g/mol. The van der Waals surface area contributed by atoms with Crippen molar-refractivity contribution in [3.8, 4) is 28.7 Å². The van der Waals surface area contributed by atoms with Gasteiger partial charge in [0, 0.05) is 11.6 Å². The Kier molecular flexibility index (Phi) is 4.28. The average Bonchev–Trinajstić information content (AvgIpc) is 2.59. The van der Waals surface area contributed by atoms with Crippen LogP contribution < -0.4 is 18.9 Å². The summed E-state index contributed by atoms with van der Waals surface area (Å²) in [5.41, 5.74) is 1.72. The lowest BCUT2D eigenvalue weighted by atomic mass is 10.1. The van der Waals surface area contributed by atoms with E-state index in [1.165, 1.54) is 7.11 Å². The van der Waals surface area contributed by atoms with Gasteiger partial charge in [0.25, 0.3) is 0 Å². The zero-order valence-electron chi connectivity index (χ0n) is 13.0. The molecule has 0 amide bonds. The molecule has 0 unspecified atom stereocenters. The number of hydrogen-bond acceptors (Lipinski definition) is 5. The van der Waals surface area contributed by atoms with Gasteiger partial charge in [-0.1, -0.05) is 18.2 Å². The zero-order chi connectivity index (χ0) is 16.2. The summed E-state index contributed by atoms with van der Waals surface area (Å²) >= 11 is 0. The van der Waals surface area contributed by atoms with Crippen molar-refractivity contribution in [1.29, 1.82) is 0 Å². The standard InChI is InChI=1S/C18H18O5/c1-20-15-6-4-12(9-14(15)19)3-5-13-10-17-18(11-16(13)21-2)23-8-7-22-17/h3-6,9-11,19H,7-8H2,1-2H3/b5-3+. The molecule has 0 radical (unpaired) electrons. The van der Waals surface area contributed by atoms with Crippen LogP contribution in [0.1, 0.15) is 11.1 Å². The third-order valence-electron chi connectivity index (χ3n) is 3.55. The van der Waals surface area contributed by atoms with Crippen LogP contribution in [0, 0.1) is 0 Å². The van der Waals surface area contributed by atoms with Crippen LogP contribution >= 0.6 is 0 Å². The van der Waals surface area contributed by atoms with Gasteiger partial charge in [-0.15, -0.1) is 0 Å². The molecule has 0 aliphatic carbocycles. The largest absolute Gasteiger partial charge is 0.504 e. The smallest absolute Gasteiger partial charge is 0.165 e. The van der Waals surface area contributed by atoms with Crippen LogP contribution in [0.5, 0.6) is 28.7 Å². The normalized spacial score (nSPS) is 13.1. The number of rotatable bonds is 4. The fourth-order valence-corrected chi connectivity index (χ4v) is 2.39. The van der Waals surface area contributed by atoms with Crippen LogP contribution in [0.15, 0.2) is 30.3 Å². The Labute approximate surface area is 134 Å².